The average molecular weight is 343 g/mol. The minimum atomic E-state index is -0.184. The van der Waals surface area contributed by atoms with E-state index in [1.54, 1.807) is 12.1 Å². The predicted octanol–water partition coefficient (Wildman–Crippen LogP) is 4.74. The maximum atomic E-state index is 13.7. The fourth-order valence-electron chi connectivity index (χ4n) is 2.04. The van der Waals surface area contributed by atoms with Gasteiger partial charge in [-0.2, -0.15) is 0 Å². The number of benzene rings is 2. The van der Waals surface area contributed by atoms with Crippen molar-refractivity contribution in [3.63, 3.8) is 0 Å². The Morgan fingerprint density at radius 3 is 2.63 bits per heavy atom. The monoisotopic (exact) mass is 341 g/mol. The molecule has 0 aliphatic carbocycles. The average Bonchev–Trinajstić information content (AvgIpc) is 2.39. The lowest BCUT2D eigenvalue weighted by Crippen LogP contribution is -2.19. The summed E-state index contributed by atoms with van der Waals surface area (Å²) >= 11 is 9.63. The van der Waals surface area contributed by atoms with Crippen molar-refractivity contribution in [2.24, 2.45) is 0 Å². The topological polar surface area (TPSA) is 12.0 Å². The molecule has 0 spiro atoms. The Labute approximate surface area is 125 Å². The van der Waals surface area contributed by atoms with Crippen molar-refractivity contribution in [3.8, 4) is 0 Å². The van der Waals surface area contributed by atoms with Crippen molar-refractivity contribution in [1.29, 1.82) is 0 Å². The zero-order chi connectivity index (χ0) is 13.8. The fraction of sp³-hybridized carbons (Fsp3) is 0.200. The van der Waals surface area contributed by atoms with Crippen LogP contribution in [0.2, 0.25) is 5.02 Å². The molecule has 2 aromatic carbocycles. The first-order valence-corrected chi connectivity index (χ1v) is 7.14. The number of rotatable bonds is 4. The van der Waals surface area contributed by atoms with Gasteiger partial charge in [0, 0.05) is 15.5 Å². The molecule has 0 saturated heterocycles. The molecule has 0 bridgehead atoms. The van der Waals surface area contributed by atoms with Gasteiger partial charge in [-0.1, -0.05) is 51.8 Å². The molecule has 0 fully saturated rings. The first-order valence-electron chi connectivity index (χ1n) is 5.97. The molecule has 1 unspecified atom stereocenters. The molecule has 100 valence electrons. The highest BCUT2D eigenvalue weighted by molar-refractivity contribution is 9.10. The summed E-state index contributed by atoms with van der Waals surface area (Å²) in [5, 5.41) is 3.86. The smallest absolute Gasteiger partial charge is 0.126 e. The van der Waals surface area contributed by atoms with E-state index in [2.05, 4.69) is 21.2 Å². The standard InChI is InChI=1S/C15H14BrClFN/c1-19-15(8-10-4-2-3-5-14(10)18)12-7-6-11(16)9-13(12)17/h2-7,9,15,19H,8H2,1H3. The Bertz CT molecular complexity index is 574. The van der Waals surface area contributed by atoms with Gasteiger partial charge in [0.25, 0.3) is 0 Å². The highest BCUT2D eigenvalue weighted by Gasteiger charge is 2.15. The Balaban J connectivity index is 2.28. The molecule has 0 saturated carbocycles. The molecule has 2 rings (SSSR count). The van der Waals surface area contributed by atoms with Gasteiger partial charge in [0.2, 0.25) is 0 Å². The molecule has 1 nitrogen and oxygen atoms in total. The van der Waals surface area contributed by atoms with Crippen LogP contribution in [0, 0.1) is 5.82 Å². The van der Waals surface area contributed by atoms with Crippen molar-refractivity contribution in [2.45, 2.75) is 12.5 Å². The SMILES string of the molecule is CNC(Cc1ccccc1F)c1ccc(Br)cc1Cl. The van der Waals surface area contributed by atoms with Gasteiger partial charge in [0.05, 0.1) is 0 Å². The Morgan fingerprint density at radius 2 is 2.00 bits per heavy atom. The number of likely N-dealkylation sites (N-methyl/N-ethyl adjacent to an activating group) is 1. The predicted molar refractivity (Wildman–Crippen MR) is 81.1 cm³/mol. The van der Waals surface area contributed by atoms with E-state index in [-0.39, 0.29) is 11.9 Å². The third-order valence-corrected chi connectivity index (χ3v) is 3.89. The number of hydrogen-bond acceptors (Lipinski definition) is 1. The Morgan fingerprint density at radius 1 is 1.26 bits per heavy atom. The van der Waals surface area contributed by atoms with Crippen LogP contribution in [-0.4, -0.2) is 7.05 Å². The van der Waals surface area contributed by atoms with Gasteiger partial charge in [0.15, 0.2) is 0 Å². The zero-order valence-corrected chi connectivity index (χ0v) is 12.8. The van der Waals surface area contributed by atoms with Gasteiger partial charge in [0.1, 0.15) is 5.82 Å². The third-order valence-electron chi connectivity index (χ3n) is 3.07. The molecule has 1 N–H and O–H groups in total. The largest absolute Gasteiger partial charge is 0.313 e. The quantitative estimate of drug-likeness (QED) is 0.846. The maximum absolute atomic E-state index is 13.7. The molecule has 0 radical (unpaired) electrons. The summed E-state index contributed by atoms with van der Waals surface area (Å²) in [6.07, 6.45) is 0.560. The van der Waals surface area contributed by atoms with Crippen LogP contribution in [0.15, 0.2) is 46.9 Å². The van der Waals surface area contributed by atoms with Gasteiger partial charge in [-0.05, 0) is 42.8 Å². The van der Waals surface area contributed by atoms with Crippen LogP contribution in [0.25, 0.3) is 0 Å². The van der Waals surface area contributed by atoms with Crippen molar-refractivity contribution in [1.82, 2.24) is 5.32 Å². The molecule has 1 atom stereocenters. The number of nitrogens with one attached hydrogen (secondary N) is 1. The molecular weight excluding hydrogens is 329 g/mol. The lowest BCUT2D eigenvalue weighted by Gasteiger charge is -2.18. The lowest BCUT2D eigenvalue weighted by atomic mass is 9.98. The second kappa shape index (κ2) is 6.51. The summed E-state index contributed by atoms with van der Waals surface area (Å²) in [6, 6.07) is 12.5. The maximum Gasteiger partial charge on any atom is 0.126 e. The molecule has 4 heteroatoms. The van der Waals surface area contributed by atoms with Crippen LogP contribution in [0.5, 0.6) is 0 Å². The van der Waals surface area contributed by atoms with Crippen molar-refractivity contribution >= 4 is 27.5 Å². The Hall–Kier alpha value is -0.900. The third kappa shape index (κ3) is 3.56. The molecule has 2 aromatic rings. The minimum Gasteiger partial charge on any atom is -0.313 e. The first-order chi connectivity index (χ1) is 9.11. The van der Waals surface area contributed by atoms with Gasteiger partial charge in [-0.15, -0.1) is 0 Å². The van der Waals surface area contributed by atoms with Crippen molar-refractivity contribution < 1.29 is 4.39 Å². The second-order valence-corrected chi connectivity index (χ2v) is 5.63. The van der Waals surface area contributed by atoms with E-state index in [1.165, 1.54) is 6.07 Å². The summed E-state index contributed by atoms with van der Waals surface area (Å²) in [7, 11) is 1.85. The van der Waals surface area contributed by atoms with Gasteiger partial charge in [-0.3, -0.25) is 0 Å². The van der Waals surface area contributed by atoms with Crippen LogP contribution in [0.1, 0.15) is 17.2 Å². The normalized spacial score (nSPS) is 12.4. The first kappa shape index (κ1) is 14.5. The number of halogens is 3. The lowest BCUT2D eigenvalue weighted by molar-refractivity contribution is 0.554. The second-order valence-electron chi connectivity index (χ2n) is 4.30. The van der Waals surface area contributed by atoms with E-state index in [9.17, 15) is 4.39 Å². The molecule has 0 aromatic heterocycles. The van der Waals surface area contributed by atoms with E-state index in [0.29, 0.717) is 17.0 Å². The molecule has 19 heavy (non-hydrogen) atoms. The Kier molecular flexibility index (Phi) is 4.97. The molecule has 0 aliphatic rings. The molecule has 0 heterocycles. The van der Waals surface area contributed by atoms with Crippen molar-refractivity contribution in [3.05, 3.63) is 68.9 Å². The van der Waals surface area contributed by atoms with Crippen molar-refractivity contribution in [2.75, 3.05) is 7.05 Å². The summed E-state index contributed by atoms with van der Waals surface area (Å²) < 4.78 is 14.6. The van der Waals surface area contributed by atoms with Crippen LogP contribution in [-0.2, 0) is 6.42 Å². The highest BCUT2D eigenvalue weighted by atomic mass is 79.9. The van der Waals surface area contributed by atoms with E-state index < -0.39 is 0 Å². The van der Waals surface area contributed by atoms with Gasteiger partial charge < -0.3 is 5.32 Å². The molecular formula is C15H14BrClFN. The highest BCUT2D eigenvalue weighted by Crippen LogP contribution is 2.28. The van der Waals surface area contributed by atoms with E-state index in [0.717, 1.165) is 10.0 Å². The summed E-state index contributed by atoms with van der Waals surface area (Å²) in [5.41, 5.74) is 1.65. The summed E-state index contributed by atoms with van der Waals surface area (Å²) in [6.45, 7) is 0. The molecule has 0 aliphatic heterocycles. The van der Waals surface area contributed by atoms with Crippen LogP contribution in [0.4, 0.5) is 4.39 Å². The van der Waals surface area contributed by atoms with E-state index in [4.69, 9.17) is 11.6 Å². The summed E-state index contributed by atoms with van der Waals surface area (Å²) in [5.74, 6) is -0.184. The number of hydrogen-bond donors (Lipinski definition) is 1. The van der Waals surface area contributed by atoms with Gasteiger partial charge in [-0.25, -0.2) is 4.39 Å². The van der Waals surface area contributed by atoms with E-state index >= 15 is 0 Å². The van der Waals surface area contributed by atoms with Crippen LogP contribution >= 0.6 is 27.5 Å². The minimum absolute atomic E-state index is 0.0162. The van der Waals surface area contributed by atoms with Crippen LogP contribution < -0.4 is 5.32 Å². The fourth-order valence-corrected chi connectivity index (χ4v) is 2.84. The van der Waals surface area contributed by atoms with E-state index in [1.807, 2.05) is 31.3 Å². The van der Waals surface area contributed by atoms with Crippen LogP contribution in [0.3, 0.4) is 0 Å². The van der Waals surface area contributed by atoms with Gasteiger partial charge >= 0.3 is 0 Å². The molecule has 0 amide bonds. The zero-order valence-electron chi connectivity index (χ0n) is 10.5. The summed E-state index contributed by atoms with van der Waals surface area (Å²) in [4.78, 5) is 0.